The van der Waals surface area contributed by atoms with Crippen molar-refractivity contribution >= 4 is 5.97 Å². The van der Waals surface area contributed by atoms with Crippen molar-refractivity contribution in [2.45, 2.75) is 58.0 Å². The van der Waals surface area contributed by atoms with E-state index in [1.165, 1.54) is 33.0 Å². The lowest BCUT2D eigenvalue weighted by atomic mass is 10.0. The number of carbonyl (C=O) groups is 1. The van der Waals surface area contributed by atoms with Crippen molar-refractivity contribution in [1.82, 2.24) is 10.2 Å². The predicted octanol–water partition coefficient (Wildman–Crippen LogP) is 1.79. The van der Waals surface area contributed by atoms with Crippen LogP contribution >= 0.6 is 0 Å². The Labute approximate surface area is 111 Å². The molecule has 0 aliphatic carbocycles. The maximum Gasteiger partial charge on any atom is 0.325 e. The fourth-order valence-corrected chi connectivity index (χ4v) is 2.66. The average molecular weight is 256 g/mol. The van der Waals surface area contributed by atoms with Gasteiger partial charge in [0.25, 0.3) is 0 Å². The minimum Gasteiger partial charge on any atom is -0.468 e. The summed E-state index contributed by atoms with van der Waals surface area (Å²) in [6.07, 6.45) is 4.67. The molecule has 1 heterocycles. The molecule has 0 aromatic carbocycles. The molecule has 1 unspecified atom stereocenters. The number of esters is 1. The van der Waals surface area contributed by atoms with E-state index < -0.39 is 5.54 Å². The number of rotatable bonds is 5. The van der Waals surface area contributed by atoms with Gasteiger partial charge in [-0.1, -0.05) is 6.92 Å². The summed E-state index contributed by atoms with van der Waals surface area (Å²) >= 11 is 0. The molecule has 106 valence electrons. The van der Waals surface area contributed by atoms with Gasteiger partial charge in [-0.05, 0) is 59.2 Å². The number of nitrogens with one attached hydrogen (secondary N) is 1. The van der Waals surface area contributed by atoms with E-state index in [9.17, 15) is 4.79 Å². The maximum absolute atomic E-state index is 11.7. The summed E-state index contributed by atoms with van der Waals surface area (Å²) in [5.74, 6) is -0.183. The molecule has 4 nitrogen and oxygen atoms in total. The number of hydrogen-bond donors (Lipinski definition) is 1. The summed E-state index contributed by atoms with van der Waals surface area (Å²) in [7, 11) is 1.45. The van der Waals surface area contributed by atoms with Gasteiger partial charge in [-0.2, -0.15) is 0 Å². The zero-order chi connectivity index (χ0) is 13.6. The van der Waals surface area contributed by atoms with Crippen LogP contribution in [0.25, 0.3) is 0 Å². The molecule has 0 amide bonds. The molecular weight excluding hydrogens is 228 g/mol. The van der Waals surface area contributed by atoms with Crippen LogP contribution in [0.15, 0.2) is 0 Å². The third-order valence-electron chi connectivity index (χ3n) is 3.62. The summed E-state index contributed by atoms with van der Waals surface area (Å²) in [5, 5.41) is 3.45. The second-order valence-electron chi connectivity index (χ2n) is 5.73. The number of nitrogens with zero attached hydrogens (tertiary/aromatic N) is 1. The fraction of sp³-hybridized carbons (Fsp3) is 0.929. The van der Waals surface area contributed by atoms with Crippen LogP contribution < -0.4 is 5.32 Å². The smallest absolute Gasteiger partial charge is 0.325 e. The number of hydrogen-bond acceptors (Lipinski definition) is 4. The Morgan fingerprint density at radius 2 is 2.11 bits per heavy atom. The molecule has 0 saturated carbocycles. The minimum absolute atomic E-state index is 0.183. The first kappa shape index (κ1) is 15.4. The van der Waals surface area contributed by atoms with Crippen LogP contribution in [-0.2, 0) is 9.53 Å². The summed E-state index contributed by atoms with van der Waals surface area (Å²) in [6, 6.07) is 0.418. The largest absolute Gasteiger partial charge is 0.468 e. The molecule has 18 heavy (non-hydrogen) atoms. The van der Waals surface area contributed by atoms with E-state index in [0.717, 1.165) is 19.4 Å². The number of methoxy groups -OCH3 is 1. The van der Waals surface area contributed by atoms with Crippen molar-refractivity contribution in [2.24, 2.45) is 0 Å². The third-order valence-corrected chi connectivity index (χ3v) is 3.62. The van der Waals surface area contributed by atoms with Gasteiger partial charge in [0.15, 0.2) is 0 Å². The lowest BCUT2D eigenvalue weighted by molar-refractivity contribution is -0.147. The first-order chi connectivity index (χ1) is 8.49. The van der Waals surface area contributed by atoms with Crippen LogP contribution in [0.5, 0.6) is 0 Å². The highest BCUT2D eigenvalue weighted by molar-refractivity contribution is 5.79. The standard InChI is InChI=1S/C14H28N2O2/c1-5-9-16-10-6-7-12(8-11-16)15-14(2,3)13(17)18-4/h12,15H,5-11H2,1-4H3. The van der Waals surface area contributed by atoms with Gasteiger partial charge in [0, 0.05) is 6.04 Å². The summed E-state index contributed by atoms with van der Waals surface area (Å²) in [4.78, 5) is 14.2. The van der Waals surface area contributed by atoms with Gasteiger partial charge in [0.2, 0.25) is 0 Å². The SMILES string of the molecule is CCCN1CCCC(NC(C)(C)C(=O)OC)CC1. The van der Waals surface area contributed by atoms with Crippen molar-refractivity contribution in [1.29, 1.82) is 0 Å². The van der Waals surface area contributed by atoms with Gasteiger partial charge in [0.1, 0.15) is 5.54 Å². The van der Waals surface area contributed by atoms with E-state index in [0.29, 0.717) is 6.04 Å². The van der Waals surface area contributed by atoms with Crippen LogP contribution in [0.1, 0.15) is 46.5 Å². The molecule has 4 heteroatoms. The van der Waals surface area contributed by atoms with Crippen molar-refractivity contribution in [3.63, 3.8) is 0 Å². The summed E-state index contributed by atoms with van der Waals surface area (Å²) in [6.45, 7) is 9.52. The van der Waals surface area contributed by atoms with Gasteiger partial charge < -0.3 is 9.64 Å². The first-order valence-corrected chi connectivity index (χ1v) is 7.08. The van der Waals surface area contributed by atoms with Crippen molar-refractivity contribution in [2.75, 3.05) is 26.7 Å². The molecule has 1 N–H and O–H groups in total. The van der Waals surface area contributed by atoms with E-state index in [2.05, 4.69) is 17.1 Å². The van der Waals surface area contributed by atoms with Crippen LogP contribution in [0.2, 0.25) is 0 Å². The molecule has 0 aromatic heterocycles. The van der Waals surface area contributed by atoms with Crippen LogP contribution in [0, 0.1) is 0 Å². The zero-order valence-corrected chi connectivity index (χ0v) is 12.3. The van der Waals surface area contributed by atoms with Gasteiger partial charge in [-0.15, -0.1) is 0 Å². The number of ether oxygens (including phenoxy) is 1. The molecule has 1 fully saturated rings. The lowest BCUT2D eigenvalue weighted by Crippen LogP contribution is -2.52. The monoisotopic (exact) mass is 256 g/mol. The minimum atomic E-state index is -0.584. The maximum atomic E-state index is 11.7. The highest BCUT2D eigenvalue weighted by Gasteiger charge is 2.31. The molecule has 1 aliphatic heterocycles. The van der Waals surface area contributed by atoms with Gasteiger partial charge in [-0.3, -0.25) is 10.1 Å². The van der Waals surface area contributed by atoms with Crippen molar-refractivity contribution < 1.29 is 9.53 Å². The van der Waals surface area contributed by atoms with E-state index in [4.69, 9.17) is 4.74 Å². The predicted molar refractivity (Wildman–Crippen MR) is 73.6 cm³/mol. The van der Waals surface area contributed by atoms with Gasteiger partial charge in [-0.25, -0.2) is 0 Å². The van der Waals surface area contributed by atoms with Gasteiger partial charge in [0.05, 0.1) is 7.11 Å². The Kier molecular flexibility index (Phi) is 6.09. The highest BCUT2D eigenvalue weighted by atomic mass is 16.5. The van der Waals surface area contributed by atoms with Crippen molar-refractivity contribution in [3.05, 3.63) is 0 Å². The zero-order valence-electron chi connectivity index (χ0n) is 12.3. The average Bonchev–Trinajstić information content (AvgIpc) is 2.54. The third kappa shape index (κ3) is 4.58. The quantitative estimate of drug-likeness (QED) is 0.762. The van der Waals surface area contributed by atoms with E-state index >= 15 is 0 Å². The Morgan fingerprint density at radius 1 is 1.39 bits per heavy atom. The second kappa shape index (κ2) is 7.10. The molecular formula is C14H28N2O2. The fourth-order valence-electron chi connectivity index (χ4n) is 2.66. The molecule has 0 aromatic rings. The Balaban J connectivity index is 2.46. The lowest BCUT2D eigenvalue weighted by Gasteiger charge is -2.29. The molecule has 1 rings (SSSR count). The number of carbonyl (C=O) groups excluding carboxylic acids is 1. The Bertz CT molecular complexity index is 267. The summed E-state index contributed by atoms with van der Waals surface area (Å²) < 4.78 is 4.84. The topological polar surface area (TPSA) is 41.6 Å². The molecule has 1 saturated heterocycles. The molecule has 1 atom stereocenters. The molecule has 0 radical (unpaired) electrons. The second-order valence-corrected chi connectivity index (χ2v) is 5.73. The van der Waals surface area contributed by atoms with Crippen molar-refractivity contribution in [3.8, 4) is 0 Å². The summed E-state index contributed by atoms with van der Waals surface area (Å²) in [5.41, 5.74) is -0.584. The highest BCUT2D eigenvalue weighted by Crippen LogP contribution is 2.15. The Hall–Kier alpha value is -0.610. The van der Waals surface area contributed by atoms with Crippen LogP contribution in [-0.4, -0.2) is 49.2 Å². The first-order valence-electron chi connectivity index (χ1n) is 7.08. The van der Waals surface area contributed by atoms with E-state index in [1.807, 2.05) is 13.8 Å². The van der Waals surface area contributed by atoms with Gasteiger partial charge >= 0.3 is 5.97 Å². The van der Waals surface area contributed by atoms with E-state index in [1.54, 1.807) is 0 Å². The normalized spacial score (nSPS) is 22.6. The van der Waals surface area contributed by atoms with Crippen LogP contribution in [0.4, 0.5) is 0 Å². The van der Waals surface area contributed by atoms with Crippen LogP contribution in [0.3, 0.4) is 0 Å². The van der Waals surface area contributed by atoms with E-state index in [-0.39, 0.29) is 5.97 Å². The molecule has 0 bridgehead atoms. The molecule has 0 spiro atoms. The Morgan fingerprint density at radius 3 is 2.72 bits per heavy atom. The molecule has 1 aliphatic rings. The number of likely N-dealkylation sites (tertiary alicyclic amines) is 1.